The van der Waals surface area contributed by atoms with Crippen LogP contribution in [0.5, 0.6) is 0 Å². The number of hydrogen-bond acceptors (Lipinski definition) is 5. The first kappa shape index (κ1) is 29.9. The molecule has 2 N–H and O–H groups in total. The fourth-order valence-corrected chi connectivity index (χ4v) is 5.96. The van der Waals surface area contributed by atoms with Gasteiger partial charge in [0.25, 0.3) is 0 Å². The van der Waals surface area contributed by atoms with Crippen molar-refractivity contribution in [2.75, 3.05) is 26.2 Å². The first-order valence-corrected chi connectivity index (χ1v) is 13.7. The highest BCUT2D eigenvalue weighted by molar-refractivity contribution is 5.86. The number of urea groups is 1. The number of likely N-dealkylation sites (tertiary alicyclic amines) is 1. The van der Waals surface area contributed by atoms with Crippen LogP contribution in [0, 0.1) is 16.7 Å². The summed E-state index contributed by atoms with van der Waals surface area (Å²) in [4.78, 5) is 47.0. The van der Waals surface area contributed by atoms with E-state index in [-0.39, 0.29) is 42.4 Å². The molecule has 40 heavy (non-hydrogen) atoms. The number of nitrogens with one attached hydrogen (secondary N) is 2. The first-order chi connectivity index (χ1) is 18.4. The molecule has 0 aromatic carbocycles. The molecule has 9 nitrogen and oxygen atoms in total. The summed E-state index contributed by atoms with van der Waals surface area (Å²) in [6, 6.07) is 0.481. The Hall–Kier alpha value is -3.05. The van der Waals surface area contributed by atoms with Crippen molar-refractivity contribution >= 4 is 18.0 Å². The lowest BCUT2D eigenvalue weighted by atomic mass is 9.78. The standard InChI is InChI=1S/C28H40F3N5O4/c1-25(2,3)15-33-23(38)36-14-19-10-20(34-24(39)40-26(4,5)6)11-27(19,16-36)22(37)35-8-7-21-17(13-35)9-18(12-32-21)28(29,30)31/h9,12,19-20H,7-8,10-11,13-16H2,1-6H3,(H,33,38)(H,34,39)/t19-,20+,27-/m0/s1. The van der Waals surface area contributed by atoms with E-state index in [1.807, 2.05) is 20.8 Å². The van der Waals surface area contributed by atoms with E-state index in [0.29, 0.717) is 50.2 Å². The third kappa shape index (κ3) is 6.63. The van der Waals surface area contributed by atoms with Crippen molar-refractivity contribution in [1.82, 2.24) is 25.4 Å². The van der Waals surface area contributed by atoms with Gasteiger partial charge in [-0.3, -0.25) is 9.78 Å². The second kappa shape index (κ2) is 10.4. The van der Waals surface area contributed by atoms with Gasteiger partial charge in [-0.1, -0.05) is 20.8 Å². The van der Waals surface area contributed by atoms with Gasteiger partial charge in [-0.05, 0) is 56.6 Å². The highest BCUT2D eigenvalue weighted by Crippen LogP contribution is 2.50. The molecule has 1 aliphatic carbocycles. The van der Waals surface area contributed by atoms with Crippen molar-refractivity contribution in [1.29, 1.82) is 0 Å². The molecular formula is C28H40F3N5O4. The lowest BCUT2D eigenvalue weighted by Gasteiger charge is -2.37. The molecule has 0 spiro atoms. The zero-order valence-electron chi connectivity index (χ0n) is 24.1. The van der Waals surface area contributed by atoms with Gasteiger partial charge in [0.1, 0.15) is 5.60 Å². The highest BCUT2D eigenvalue weighted by Gasteiger charge is 2.60. The number of alkyl carbamates (subject to hydrolysis) is 1. The lowest BCUT2D eigenvalue weighted by Crippen LogP contribution is -2.50. The van der Waals surface area contributed by atoms with Crippen molar-refractivity contribution in [2.45, 2.75) is 85.2 Å². The number of ether oxygens (including phenoxy) is 1. The number of fused-ring (bicyclic) bond motifs is 2. The van der Waals surface area contributed by atoms with Gasteiger partial charge in [-0.15, -0.1) is 0 Å². The maximum Gasteiger partial charge on any atom is 0.417 e. The van der Waals surface area contributed by atoms with Crippen LogP contribution in [0.3, 0.4) is 0 Å². The zero-order valence-corrected chi connectivity index (χ0v) is 24.1. The van der Waals surface area contributed by atoms with Crippen LogP contribution < -0.4 is 10.6 Å². The summed E-state index contributed by atoms with van der Waals surface area (Å²) in [5, 5.41) is 5.84. The third-order valence-electron chi connectivity index (χ3n) is 7.73. The number of aromatic nitrogens is 1. The van der Waals surface area contributed by atoms with Crippen LogP contribution in [-0.4, -0.2) is 70.6 Å². The molecule has 0 radical (unpaired) electrons. The Morgan fingerprint density at radius 1 is 1.12 bits per heavy atom. The normalized spacial score (nSPS) is 24.8. The zero-order chi connectivity index (χ0) is 29.7. The molecule has 1 aromatic rings. The fourth-order valence-electron chi connectivity index (χ4n) is 5.96. The first-order valence-electron chi connectivity index (χ1n) is 13.7. The molecule has 1 saturated carbocycles. The number of hydrogen-bond donors (Lipinski definition) is 2. The van der Waals surface area contributed by atoms with Crippen molar-refractivity contribution in [3.8, 4) is 0 Å². The van der Waals surface area contributed by atoms with E-state index >= 15 is 0 Å². The second-order valence-corrected chi connectivity index (χ2v) is 13.5. The van der Waals surface area contributed by atoms with E-state index < -0.39 is 28.8 Å². The van der Waals surface area contributed by atoms with Gasteiger partial charge in [-0.2, -0.15) is 13.2 Å². The van der Waals surface area contributed by atoms with Gasteiger partial charge in [0.15, 0.2) is 0 Å². The largest absolute Gasteiger partial charge is 0.444 e. The Bertz CT molecular complexity index is 1160. The number of pyridine rings is 1. The van der Waals surface area contributed by atoms with Crippen LogP contribution in [0.25, 0.3) is 0 Å². The molecule has 3 atom stereocenters. The Morgan fingerprint density at radius 3 is 2.45 bits per heavy atom. The number of alkyl halides is 3. The van der Waals surface area contributed by atoms with Gasteiger partial charge in [-0.25, -0.2) is 9.59 Å². The maximum absolute atomic E-state index is 14.2. The minimum atomic E-state index is -4.53. The summed E-state index contributed by atoms with van der Waals surface area (Å²) in [7, 11) is 0. The van der Waals surface area contributed by atoms with Crippen LogP contribution in [0.15, 0.2) is 12.3 Å². The van der Waals surface area contributed by atoms with E-state index in [2.05, 4.69) is 15.6 Å². The summed E-state index contributed by atoms with van der Waals surface area (Å²) in [5.74, 6) is -0.429. The molecule has 0 bridgehead atoms. The number of amides is 4. The van der Waals surface area contributed by atoms with Crippen LogP contribution in [-0.2, 0) is 28.7 Å². The summed E-state index contributed by atoms with van der Waals surface area (Å²) in [5.41, 5.74) is -1.69. The Balaban J connectivity index is 1.55. The molecule has 222 valence electrons. The minimum absolute atomic E-state index is 0.0138. The molecular weight excluding hydrogens is 527 g/mol. The SMILES string of the molecule is CC(C)(C)CNC(=O)N1C[C@@H]2C[C@@H](NC(=O)OC(C)(C)C)C[C@]2(C(=O)N2CCc3ncc(C(F)(F)F)cc3C2)C1. The molecule has 2 fully saturated rings. The second-order valence-electron chi connectivity index (χ2n) is 13.5. The summed E-state index contributed by atoms with van der Waals surface area (Å²) < 4.78 is 45.4. The number of halogens is 3. The van der Waals surface area contributed by atoms with E-state index in [1.54, 1.807) is 30.6 Å². The van der Waals surface area contributed by atoms with Crippen LogP contribution in [0.4, 0.5) is 22.8 Å². The summed E-state index contributed by atoms with van der Waals surface area (Å²) in [6.45, 7) is 12.6. The average molecular weight is 568 g/mol. The predicted octanol–water partition coefficient (Wildman–Crippen LogP) is 4.35. The smallest absolute Gasteiger partial charge is 0.417 e. The van der Waals surface area contributed by atoms with Gasteiger partial charge >= 0.3 is 18.3 Å². The molecule has 2 aliphatic heterocycles. The molecule has 1 aromatic heterocycles. The molecule has 4 amide bonds. The number of nitrogens with zero attached hydrogens (tertiary/aromatic N) is 3. The van der Waals surface area contributed by atoms with Crippen molar-refractivity contribution in [2.24, 2.45) is 16.7 Å². The molecule has 0 unspecified atom stereocenters. The number of carbonyl (C=O) groups is 3. The van der Waals surface area contributed by atoms with Gasteiger partial charge in [0, 0.05) is 57.1 Å². The Labute approximate surface area is 233 Å². The monoisotopic (exact) mass is 567 g/mol. The third-order valence-corrected chi connectivity index (χ3v) is 7.73. The average Bonchev–Trinajstić information content (AvgIpc) is 3.33. The number of rotatable bonds is 3. The van der Waals surface area contributed by atoms with Crippen LogP contribution in [0.1, 0.15) is 71.2 Å². The van der Waals surface area contributed by atoms with Gasteiger partial charge in [0.05, 0.1) is 11.0 Å². The van der Waals surface area contributed by atoms with E-state index in [0.717, 1.165) is 12.3 Å². The Morgan fingerprint density at radius 2 is 1.82 bits per heavy atom. The van der Waals surface area contributed by atoms with E-state index in [4.69, 9.17) is 4.74 Å². The topological polar surface area (TPSA) is 104 Å². The molecule has 3 heterocycles. The number of carbonyl (C=O) groups excluding carboxylic acids is 3. The Kier molecular flexibility index (Phi) is 7.79. The molecule has 4 rings (SSSR count). The van der Waals surface area contributed by atoms with E-state index in [9.17, 15) is 27.6 Å². The van der Waals surface area contributed by atoms with Crippen molar-refractivity contribution < 1.29 is 32.3 Å². The van der Waals surface area contributed by atoms with Crippen molar-refractivity contribution in [3.05, 3.63) is 29.1 Å². The van der Waals surface area contributed by atoms with E-state index in [1.165, 1.54) is 0 Å². The summed E-state index contributed by atoms with van der Waals surface area (Å²) in [6.07, 6.45) is -3.13. The molecule has 3 aliphatic rings. The lowest BCUT2D eigenvalue weighted by molar-refractivity contribution is -0.143. The van der Waals surface area contributed by atoms with Gasteiger partial charge < -0.3 is 25.2 Å². The van der Waals surface area contributed by atoms with Crippen LogP contribution in [0.2, 0.25) is 0 Å². The maximum atomic E-state index is 14.2. The summed E-state index contributed by atoms with van der Waals surface area (Å²) >= 11 is 0. The minimum Gasteiger partial charge on any atom is -0.444 e. The quantitative estimate of drug-likeness (QED) is 0.566. The fraction of sp³-hybridized carbons (Fsp3) is 0.714. The van der Waals surface area contributed by atoms with Gasteiger partial charge in [0.2, 0.25) is 5.91 Å². The highest BCUT2D eigenvalue weighted by atomic mass is 19.4. The molecule has 12 heteroatoms. The van der Waals surface area contributed by atoms with Crippen LogP contribution >= 0.6 is 0 Å². The molecule has 1 saturated heterocycles. The predicted molar refractivity (Wildman–Crippen MR) is 141 cm³/mol. The van der Waals surface area contributed by atoms with Crippen molar-refractivity contribution in [3.63, 3.8) is 0 Å².